The summed E-state index contributed by atoms with van der Waals surface area (Å²) >= 11 is 0. The van der Waals surface area contributed by atoms with Crippen molar-refractivity contribution in [2.24, 2.45) is 23.7 Å². The number of aliphatic hydroxyl groups excluding tert-OH is 2. The number of esters is 1. The number of aliphatic hydroxyl groups is 4. The molecule has 1 aliphatic carbocycles. The lowest BCUT2D eigenvalue weighted by Crippen LogP contribution is -2.58. The van der Waals surface area contributed by atoms with Gasteiger partial charge in [0.2, 0.25) is 5.91 Å². The monoisotopic (exact) mass is 1040 g/mol. The van der Waals surface area contributed by atoms with Gasteiger partial charge in [-0.3, -0.25) is 24.9 Å². The van der Waals surface area contributed by atoms with Crippen molar-refractivity contribution in [3.63, 3.8) is 0 Å². The van der Waals surface area contributed by atoms with E-state index in [4.69, 9.17) is 18.9 Å². The fourth-order valence-corrected chi connectivity index (χ4v) is 12.9. The number of methoxy groups -OCH3 is 1. The van der Waals surface area contributed by atoms with Crippen LogP contribution in [0.2, 0.25) is 0 Å². The van der Waals surface area contributed by atoms with Gasteiger partial charge in [-0.05, 0) is 135 Å². The Labute approximate surface area is 435 Å². The van der Waals surface area contributed by atoms with Crippen LogP contribution in [0.1, 0.15) is 170 Å². The third-order valence-corrected chi connectivity index (χ3v) is 16.7. The molecule has 14 nitrogen and oxygen atoms in total. The zero-order valence-electron chi connectivity index (χ0n) is 46.7. The van der Waals surface area contributed by atoms with E-state index in [-0.39, 0.29) is 48.0 Å². The number of halogens is 1. The molecule has 3 aliphatic heterocycles. The molecule has 1 aromatic rings. The molecule has 2 saturated heterocycles. The van der Waals surface area contributed by atoms with Gasteiger partial charge in [-0.1, -0.05) is 78.6 Å². The van der Waals surface area contributed by atoms with Crippen molar-refractivity contribution in [3.05, 3.63) is 35.4 Å². The minimum absolute atomic E-state index is 0.0119. The summed E-state index contributed by atoms with van der Waals surface area (Å²) in [6.07, 6.45) is 5.32. The van der Waals surface area contributed by atoms with E-state index < -0.39 is 70.9 Å². The van der Waals surface area contributed by atoms with Gasteiger partial charge in [0.25, 0.3) is 0 Å². The van der Waals surface area contributed by atoms with E-state index in [0.717, 1.165) is 50.5 Å². The largest absolute Gasteiger partial charge is 0.461 e. The van der Waals surface area contributed by atoms with Gasteiger partial charge in [0, 0.05) is 45.5 Å². The molecule has 3 heterocycles. The van der Waals surface area contributed by atoms with Gasteiger partial charge in [-0.2, -0.15) is 5.37 Å². The predicted octanol–water partition coefficient (Wildman–Crippen LogP) is 7.69. The third-order valence-electron chi connectivity index (χ3n) is 15.5. The Kier molecular flexibility index (Phi) is 26.6. The van der Waals surface area contributed by atoms with E-state index in [0.29, 0.717) is 62.8 Å². The molecule has 72 heavy (non-hydrogen) atoms. The van der Waals surface area contributed by atoms with Crippen molar-refractivity contribution in [2.75, 3.05) is 46.7 Å². The average molecular weight is 1040 g/mol. The summed E-state index contributed by atoms with van der Waals surface area (Å²) < 4.78 is 49.1. The maximum atomic E-state index is 13.6. The summed E-state index contributed by atoms with van der Waals surface area (Å²) in [5, 5.41) is 48.2. The van der Waals surface area contributed by atoms with Crippen LogP contribution in [0.3, 0.4) is 0 Å². The Bertz CT molecular complexity index is 1840. The minimum atomic E-state index is -1.67. The Morgan fingerprint density at radius 3 is 2.26 bits per heavy atom. The second kappa shape index (κ2) is 29.9. The van der Waals surface area contributed by atoms with Crippen LogP contribution in [-0.2, 0) is 49.6 Å². The number of likely N-dealkylation sites (N-methyl/N-ethyl adjacent to an activating group) is 1. The van der Waals surface area contributed by atoms with Crippen LogP contribution in [-0.4, -0.2) is 160 Å². The second-order valence-corrected chi connectivity index (χ2v) is 24.2. The number of benzene rings is 1. The van der Waals surface area contributed by atoms with Crippen LogP contribution in [0.25, 0.3) is 0 Å². The van der Waals surface area contributed by atoms with Crippen LogP contribution in [0.5, 0.6) is 0 Å². The van der Waals surface area contributed by atoms with Gasteiger partial charge in [0.15, 0.2) is 6.29 Å². The lowest BCUT2D eigenvalue weighted by molar-refractivity contribution is -0.211. The maximum absolute atomic E-state index is 13.6. The highest BCUT2D eigenvalue weighted by atomic mass is 32.2. The molecule has 1 amide bonds. The molecule has 1 aromatic carbocycles. The maximum Gasteiger partial charge on any atom is 0.311 e. The predicted molar refractivity (Wildman–Crippen MR) is 286 cm³/mol. The smallest absolute Gasteiger partial charge is 0.311 e. The van der Waals surface area contributed by atoms with Crippen molar-refractivity contribution >= 4 is 27.6 Å². The lowest BCUT2D eigenvalue weighted by atomic mass is 9.77. The Balaban J connectivity index is 0.000000370. The Morgan fingerprint density at radius 1 is 0.986 bits per heavy atom. The van der Waals surface area contributed by atoms with Crippen molar-refractivity contribution in [1.82, 2.24) is 15.1 Å². The first kappa shape index (κ1) is 64.0. The van der Waals surface area contributed by atoms with Gasteiger partial charge in [-0.25, -0.2) is 4.39 Å². The number of rotatable bonds is 13. The molecule has 7 unspecified atom stereocenters. The quantitative estimate of drug-likeness (QED) is 0.0736. The number of carbonyl (C=O) groups is 2. The standard InChI is InChI=1S/C29H55NO7.C25H38FN2O4S.C2H6/c1-11-23-29(8,34)26(32)30(9)17-19(3)13-27(6,33)15-20(4)24(21(5)25(31)37-23)36-22-12-18(2)14-28(7,16-22)35-10;1-18-14-23(16-25(30)32-18)28(2)11-9-24(29)27-22(17-26)15-19-5-7-21(8-6-19)20-4-3-12-33(31)13-10-20;1-2/h18-24,26,32-34H,11-17H2,1-10H3;5-8,12,18,20,22-23,25,30H,3-4,9-11,13-17H2,1-2H3,(H,27,29);1-2H3/q;-1;/t18?,19-,20-,21?,22-,23-,24+,26?,27-,28+,29-;18?,20?,22-,23?,25?;/m10./s1. The van der Waals surface area contributed by atoms with Crippen LogP contribution < -0.4 is 5.32 Å². The molecule has 0 bridgehead atoms. The summed E-state index contributed by atoms with van der Waals surface area (Å²) in [5.41, 5.74) is -0.719. The van der Waals surface area contributed by atoms with Gasteiger partial charge in [-0.15, -0.1) is 5.75 Å². The molecule has 0 radical (unpaired) electrons. The van der Waals surface area contributed by atoms with E-state index in [1.807, 2.05) is 73.0 Å². The highest BCUT2D eigenvalue weighted by molar-refractivity contribution is 7.83. The molecule has 0 aromatic heterocycles. The number of nitrogens with zero attached hydrogens (tertiary/aromatic N) is 2. The number of ether oxygens (including phenoxy) is 4. The van der Waals surface area contributed by atoms with Crippen molar-refractivity contribution < 1.29 is 57.6 Å². The van der Waals surface area contributed by atoms with E-state index in [1.165, 1.54) is 12.5 Å². The zero-order valence-corrected chi connectivity index (χ0v) is 47.6. The summed E-state index contributed by atoms with van der Waals surface area (Å²) in [7, 11) is 4.61. The van der Waals surface area contributed by atoms with Crippen LogP contribution >= 0.6 is 0 Å². The number of cyclic esters (lactones) is 1. The summed E-state index contributed by atoms with van der Waals surface area (Å²) in [5.74, 6) is 0.219. The number of nitrogens with one attached hydrogen (secondary N) is 1. The fraction of sp³-hybridized carbons (Fsp3) is 0.839. The lowest BCUT2D eigenvalue weighted by Gasteiger charge is -2.44. The minimum Gasteiger partial charge on any atom is -0.461 e. The van der Waals surface area contributed by atoms with E-state index in [1.54, 1.807) is 26.0 Å². The topological polar surface area (TPSA) is 188 Å². The molecule has 0 spiro atoms. The Hall–Kier alpha value is -2.25. The normalized spacial score (nSPS) is 37.2. The molecular formula is C56H99FN3O11S-. The Morgan fingerprint density at radius 2 is 1.65 bits per heavy atom. The molecular weight excluding hydrogens is 942 g/mol. The van der Waals surface area contributed by atoms with E-state index in [9.17, 15) is 38.6 Å². The third kappa shape index (κ3) is 20.0. The molecule has 3 fully saturated rings. The van der Waals surface area contributed by atoms with E-state index >= 15 is 0 Å². The molecule has 4 aliphatic rings. The van der Waals surface area contributed by atoms with Crippen LogP contribution in [0.4, 0.5) is 4.39 Å². The first-order chi connectivity index (χ1) is 33.8. The number of hydrogen-bond acceptors (Lipinski definition) is 14. The number of alkyl halides is 1. The highest BCUT2D eigenvalue weighted by Crippen LogP contribution is 2.40. The first-order valence-corrected chi connectivity index (χ1v) is 28.6. The number of amides is 1. The molecule has 16 atom stereocenters. The fourth-order valence-electron chi connectivity index (χ4n) is 11.9. The van der Waals surface area contributed by atoms with E-state index in [2.05, 4.69) is 36.2 Å². The SMILES string of the molecule is CC.CC1CC(N(C)CCC(=O)N[C@H](CF)Cc2ccc(C3CCC=[S-](=O)CC3)cc2)CC(O)O1.CC[C@H]1OC(=O)C(C)[C@@H](O[C@@H]2CC(C)C[C@](C)(OC)C2)[C@H](C)C[C@](C)(O)C[C@@H](C)CN(C)C(O)[C@]1(C)O. The van der Waals surface area contributed by atoms with Crippen LogP contribution in [0.15, 0.2) is 24.3 Å². The molecule has 5 rings (SSSR count). The molecule has 16 heteroatoms. The summed E-state index contributed by atoms with van der Waals surface area (Å²) in [6, 6.07) is 7.82. The summed E-state index contributed by atoms with van der Waals surface area (Å²) in [4.78, 5) is 29.7. The van der Waals surface area contributed by atoms with Crippen LogP contribution in [0, 0.1) is 23.7 Å². The highest BCUT2D eigenvalue weighted by Gasteiger charge is 2.46. The van der Waals surface area contributed by atoms with Gasteiger partial charge >= 0.3 is 5.97 Å². The zero-order chi connectivity index (χ0) is 54.1. The number of carbonyl (C=O) groups excluding carboxylic acids is 2. The number of hydrogen-bond donors (Lipinski definition) is 5. The van der Waals surface area contributed by atoms with Gasteiger partial charge in [0.1, 0.15) is 24.6 Å². The molecule has 1 saturated carbocycles. The first-order valence-electron chi connectivity index (χ1n) is 27.2. The van der Waals surface area contributed by atoms with Gasteiger partial charge in [0.05, 0.1) is 41.5 Å². The second-order valence-electron chi connectivity index (χ2n) is 22.7. The molecule has 5 N–H and O–H groups in total. The van der Waals surface area contributed by atoms with Crippen molar-refractivity contribution in [2.45, 2.75) is 231 Å². The molecule has 418 valence electrons. The van der Waals surface area contributed by atoms with Gasteiger partial charge < -0.3 is 53.8 Å². The average Bonchev–Trinajstić information content (AvgIpc) is 3.54. The van der Waals surface area contributed by atoms with Crippen molar-refractivity contribution in [1.29, 1.82) is 0 Å². The summed E-state index contributed by atoms with van der Waals surface area (Å²) in [6.45, 7) is 21.7. The van der Waals surface area contributed by atoms with Crippen molar-refractivity contribution in [3.8, 4) is 0 Å².